The van der Waals surface area contributed by atoms with Crippen LogP contribution in [0.5, 0.6) is 0 Å². The van der Waals surface area contributed by atoms with Crippen molar-refractivity contribution in [3.63, 3.8) is 0 Å². The number of methoxy groups -OCH3 is 1. The molecule has 0 aliphatic carbocycles. The molecule has 0 aromatic rings. The summed E-state index contributed by atoms with van der Waals surface area (Å²) in [5.41, 5.74) is 0. The Balaban J connectivity index is 4.09. The predicted octanol–water partition coefficient (Wildman–Crippen LogP) is 1.49. The zero-order valence-electron chi connectivity index (χ0n) is 7.22. The van der Waals surface area contributed by atoms with Gasteiger partial charge in [0.15, 0.2) is 0 Å². The molecule has 0 N–H and O–H groups in total. The summed E-state index contributed by atoms with van der Waals surface area (Å²) >= 11 is 0. The largest absolute Gasteiger partial charge is 0.487 e. The highest BCUT2D eigenvalue weighted by Gasteiger charge is 2.08. The van der Waals surface area contributed by atoms with Crippen LogP contribution >= 0.6 is 0 Å². The molecule has 0 bridgehead atoms. The smallest absolute Gasteiger partial charge is 0.372 e. The van der Waals surface area contributed by atoms with Crippen molar-refractivity contribution in [1.29, 1.82) is 0 Å². The van der Waals surface area contributed by atoms with E-state index in [2.05, 4.69) is 4.74 Å². The van der Waals surface area contributed by atoms with Crippen molar-refractivity contribution in [3.05, 3.63) is 11.8 Å². The van der Waals surface area contributed by atoms with Gasteiger partial charge >= 0.3 is 5.97 Å². The van der Waals surface area contributed by atoms with E-state index < -0.39 is 5.97 Å². The van der Waals surface area contributed by atoms with Crippen molar-refractivity contribution >= 4 is 5.97 Å². The first kappa shape index (κ1) is 10.0. The topological polar surface area (TPSA) is 35.5 Å². The minimum absolute atomic E-state index is 0.303. The normalized spacial score (nSPS) is 11.0. The molecular formula is C8H14O3. The number of esters is 1. The van der Waals surface area contributed by atoms with Gasteiger partial charge in [-0.3, -0.25) is 0 Å². The van der Waals surface area contributed by atoms with E-state index in [0.29, 0.717) is 12.4 Å². The first-order valence-electron chi connectivity index (χ1n) is 3.67. The second kappa shape index (κ2) is 5.77. The zero-order chi connectivity index (χ0) is 8.69. The second-order valence-corrected chi connectivity index (χ2v) is 1.90. The number of ether oxygens (including phenoxy) is 2. The Bertz CT molecular complexity index is 149. The fourth-order valence-corrected chi connectivity index (χ4v) is 0.643. The maximum Gasteiger partial charge on any atom is 0.372 e. The monoisotopic (exact) mass is 158 g/mol. The van der Waals surface area contributed by atoms with Crippen LogP contribution in [0.3, 0.4) is 0 Å². The van der Waals surface area contributed by atoms with Gasteiger partial charge in [0.05, 0.1) is 13.7 Å². The van der Waals surface area contributed by atoms with Crippen molar-refractivity contribution in [3.8, 4) is 0 Å². The fraction of sp³-hybridized carbons (Fsp3) is 0.625. The van der Waals surface area contributed by atoms with Crippen LogP contribution in [0.2, 0.25) is 0 Å². The number of hydrogen-bond donors (Lipinski definition) is 0. The van der Waals surface area contributed by atoms with Crippen LogP contribution in [0.4, 0.5) is 0 Å². The Kier molecular flexibility index (Phi) is 5.25. The van der Waals surface area contributed by atoms with Gasteiger partial charge < -0.3 is 9.47 Å². The summed E-state index contributed by atoms with van der Waals surface area (Å²) in [6, 6.07) is 0. The number of carbonyl (C=O) groups excluding carboxylic acids is 1. The third-order valence-electron chi connectivity index (χ3n) is 1.08. The first-order valence-corrected chi connectivity index (χ1v) is 3.67. The quantitative estimate of drug-likeness (QED) is 0.353. The molecule has 3 nitrogen and oxygen atoms in total. The molecule has 0 rings (SSSR count). The molecule has 0 fully saturated rings. The highest BCUT2D eigenvalue weighted by molar-refractivity contribution is 5.85. The molecule has 0 aromatic heterocycles. The van der Waals surface area contributed by atoms with E-state index in [1.165, 1.54) is 7.11 Å². The molecule has 0 unspecified atom stereocenters. The lowest BCUT2D eigenvalue weighted by atomic mass is 10.4. The molecule has 0 radical (unpaired) electrons. The molecule has 11 heavy (non-hydrogen) atoms. The van der Waals surface area contributed by atoms with Crippen molar-refractivity contribution < 1.29 is 14.3 Å². The van der Waals surface area contributed by atoms with Crippen molar-refractivity contribution in [2.24, 2.45) is 0 Å². The molecule has 64 valence electrons. The highest BCUT2D eigenvalue weighted by atomic mass is 16.6. The summed E-state index contributed by atoms with van der Waals surface area (Å²) < 4.78 is 9.51. The van der Waals surface area contributed by atoms with Gasteiger partial charge in [0, 0.05) is 0 Å². The van der Waals surface area contributed by atoms with Crippen LogP contribution in [-0.2, 0) is 14.3 Å². The van der Waals surface area contributed by atoms with Gasteiger partial charge in [-0.1, -0.05) is 6.92 Å². The van der Waals surface area contributed by atoms with E-state index in [1.807, 2.05) is 13.8 Å². The molecule has 3 heteroatoms. The minimum Gasteiger partial charge on any atom is -0.487 e. The van der Waals surface area contributed by atoms with E-state index in [4.69, 9.17) is 4.74 Å². The summed E-state index contributed by atoms with van der Waals surface area (Å²) in [6.07, 6.45) is 2.47. The Labute approximate surface area is 67.0 Å². The Morgan fingerprint density at radius 3 is 2.45 bits per heavy atom. The number of rotatable bonds is 4. The maximum absolute atomic E-state index is 10.9. The molecule has 0 aromatic carbocycles. The van der Waals surface area contributed by atoms with E-state index in [-0.39, 0.29) is 0 Å². The minimum atomic E-state index is -0.409. The van der Waals surface area contributed by atoms with Gasteiger partial charge in [0.25, 0.3) is 0 Å². The van der Waals surface area contributed by atoms with Gasteiger partial charge in [0.1, 0.15) is 0 Å². The van der Waals surface area contributed by atoms with Gasteiger partial charge in [-0.15, -0.1) is 0 Å². The predicted molar refractivity (Wildman–Crippen MR) is 42.0 cm³/mol. The molecule has 0 atom stereocenters. The SMILES string of the molecule is CCC=C(OCC)C(=O)OC. The highest BCUT2D eigenvalue weighted by Crippen LogP contribution is 2.00. The molecule has 0 heterocycles. The van der Waals surface area contributed by atoms with Gasteiger partial charge in [-0.25, -0.2) is 4.79 Å². The van der Waals surface area contributed by atoms with Crippen LogP contribution in [-0.4, -0.2) is 19.7 Å². The molecule has 0 saturated carbocycles. The second-order valence-electron chi connectivity index (χ2n) is 1.90. The zero-order valence-corrected chi connectivity index (χ0v) is 7.22. The molecule has 0 aliphatic rings. The van der Waals surface area contributed by atoms with Crippen molar-refractivity contribution in [2.75, 3.05) is 13.7 Å². The lowest BCUT2D eigenvalue weighted by Crippen LogP contribution is -2.07. The number of hydrogen-bond acceptors (Lipinski definition) is 3. The van der Waals surface area contributed by atoms with Gasteiger partial charge in [0.2, 0.25) is 5.76 Å². The number of carbonyl (C=O) groups is 1. The van der Waals surface area contributed by atoms with Crippen LogP contribution in [0, 0.1) is 0 Å². The van der Waals surface area contributed by atoms with Crippen molar-refractivity contribution in [2.45, 2.75) is 20.3 Å². The van der Waals surface area contributed by atoms with Crippen LogP contribution < -0.4 is 0 Å². The lowest BCUT2D eigenvalue weighted by molar-refractivity contribution is -0.140. The standard InChI is InChI=1S/C8H14O3/c1-4-6-7(11-5-2)8(9)10-3/h6H,4-5H2,1-3H3. The van der Waals surface area contributed by atoms with E-state index in [9.17, 15) is 4.79 Å². The summed E-state index contributed by atoms with van der Waals surface area (Å²) in [6.45, 7) is 4.25. The van der Waals surface area contributed by atoms with E-state index in [1.54, 1.807) is 6.08 Å². The summed E-state index contributed by atoms with van der Waals surface area (Å²) in [5.74, 6) is -0.105. The molecule has 0 aliphatic heterocycles. The van der Waals surface area contributed by atoms with Crippen LogP contribution in [0.15, 0.2) is 11.8 Å². The molecular weight excluding hydrogens is 144 g/mol. The molecule has 0 spiro atoms. The molecule has 0 amide bonds. The lowest BCUT2D eigenvalue weighted by Gasteiger charge is -2.04. The summed E-state index contributed by atoms with van der Waals surface area (Å²) in [4.78, 5) is 10.9. The first-order chi connectivity index (χ1) is 5.26. The average Bonchev–Trinajstić information content (AvgIpc) is 2.03. The van der Waals surface area contributed by atoms with Crippen molar-refractivity contribution in [1.82, 2.24) is 0 Å². The van der Waals surface area contributed by atoms with Crippen LogP contribution in [0.1, 0.15) is 20.3 Å². The Morgan fingerprint density at radius 2 is 2.09 bits per heavy atom. The van der Waals surface area contributed by atoms with E-state index >= 15 is 0 Å². The third kappa shape index (κ3) is 3.65. The summed E-state index contributed by atoms with van der Waals surface area (Å²) in [5, 5.41) is 0. The van der Waals surface area contributed by atoms with Gasteiger partial charge in [-0.05, 0) is 19.4 Å². The Morgan fingerprint density at radius 1 is 1.45 bits per heavy atom. The Hall–Kier alpha value is -0.990. The maximum atomic E-state index is 10.9. The van der Waals surface area contributed by atoms with Crippen LogP contribution in [0.25, 0.3) is 0 Å². The molecule has 0 saturated heterocycles. The summed E-state index contributed by atoms with van der Waals surface area (Å²) in [7, 11) is 1.34. The average molecular weight is 158 g/mol. The third-order valence-corrected chi connectivity index (χ3v) is 1.08. The van der Waals surface area contributed by atoms with Gasteiger partial charge in [-0.2, -0.15) is 0 Å². The fourth-order valence-electron chi connectivity index (χ4n) is 0.643. The van der Waals surface area contributed by atoms with E-state index in [0.717, 1.165) is 6.42 Å². The number of allylic oxidation sites excluding steroid dienone is 1.